The summed E-state index contributed by atoms with van der Waals surface area (Å²) >= 11 is 6.03. The summed E-state index contributed by atoms with van der Waals surface area (Å²) in [4.78, 5) is 12.2. The maximum atomic E-state index is 12.2. The number of hydrogen-bond donors (Lipinski definition) is 2. The predicted octanol–water partition coefficient (Wildman–Crippen LogP) is 3.51. The van der Waals surface area contributed by atoms with Gasteiger partial charge in [-0.15, -0.1) is 0 Å². The number of rotatable bonds is 6. The molecule has 2 aromatic carbocycles. The largest absolute Gasteiger partial charge is 0.493 e. The molecular weight excluding hydrogens is 368 g/mol. The number of aromatic amines is 1. The van der Waals surface area contributed by atoms with E-state index in [0.717, 1.165) is 5.56 Å². The van der Waals surface area contributed by atoms with E-state index in [1.54, 1.807) is 44.6 Å². The number of carbonyl (C=O) groups excluding carboxylic acids is 1. The Labute approximate surface area is 161 Å². The fourth-order valence-electron chi connectivity index (χ4n) is 2.38. The van der Waals surface area contributed by atoms with Gasteiger partial charge in [-0.25, -0.2) is 5.43 Å². The Hall–Kier alpha value is -3.32. The van der Waals surface area contributed by atoms with E-state index in [1.165, 1.54) is 6.21 Å². The quantitative estimate of drug-likeness (QED) is 0.502. The summed E-state index contributed by atoms with van der Waals surface area (Å²) in [5.74, 6) is 0.773. The van der Waals surface area contributed by atoms with Crippen LogP contribution in [0.25, 0.3) is 11.3 Å². The highest BCUT2D eigenvalue weighted by Crippen LogP contribution is 2.31. The first-order valence-electron chi connectivity index (χ1n) is 7.98. The van der Waals surface area contributed by atoms with Crippen molar-refractivity contribution in [1.82, 2.24) is 15.6 Å². The maximum absolute atomic E-state index is 12.2. The third-order valence-corrected chi connectivity index (χ3v) is 4.12. The molecule has 3 rings (SSSR count). The molecule has 0 aliphatic heterocycles. The number of amides is 1. The molecule has 0 radical (unpaired) electrons. The number of carbonyl (C=O) groups is 1. The van der Waals surface area contributed by atoms with Crippen LogP contribution in [0.1, 0.15) is 16.1 Å². The van der Waals surface area contributed by atoms with Crippen molar-refractivity contribution < 1.29 is 14.3 Å². The van der Waals surface area contributed by atoms with Crippen molar-refractivity contribution in [2.24, 2.45) is 5.10 Å². The average Bonchev–Trinajstić information content (AvgIpc) is 3.19. The van der Waals surface area contributed by atoms with E-state index in [0.29, 0.717) is 27.8 Å². The van der Waals surface area contributed by atoms with Gasteiger partial charge in [-0.2, -0.15) is 10.2 Å². The summed E-state index contributed by atoms with van der Waals surface area (Å²) in [6.45, 7) is 0. The lowest BCUT2D eigenvalue weighted by Gasteiger charge is -2.08. The van der Waals surface area contributed by atoms with Crippen LogP contribution in [0.2, 0.25) is 5.02 Å². The summed E-state index contributed by atoms with van der Waals surface area (Å²) in [6.07, 6.45) is 1.48. The lowest BCUT2D eigenvalue weighted by molar-refractivity contribution is 0.0950. The fourth-order valence-corrected chi connectivity index (χ4v) is 2.57. The first-order chi connectivity index (χ1) is 13.1. The Bertz CT molecular complexity index is 985. The molecule has 1 amide bonds. The van der Waals surface area contributed by atoms with Crippen LogP contribution < -0.4 is 14.9 Å². The second-order valence-corrected chi connectivity index (χ2v) is 5.86. The van der Waals surface area contributed by atoms with Gasteiger partial charge < -0.3 is 9.47 Å². The number of aromatic nitrogens is 2. The molecule has 7 nitrogen and oxygen atoms in total. The van der Waals surface area contributed by atoms with E-state index in [4.69, 9.17) is 21.1 Å². The molecule has 0 fully saturated rings. The number of H-pyrrole nitrogens is 1. The van der Waals surface area contributed by atoms with Crippen molar-refractivity contribution in [2.75, 3.05) is 14.2 Å². The molecule has 0 bridgehead atoms. The van der Waals surface area contributed by atoms with Gasteiger partial charge in [0.1, 0.15) is 5.69 Å². The lowest BCUT2D eigenvalue weighted by atomic mass is 10.1. The van der Waals surface area contributed by atoms with Crippen LogP contribution in [-0.4, -0.2) is 36.5 Å². The number of methoxy groups -OCH3 is 2. The summed E-state index contributed by atoms with van der Waals surface area (Å²) in [6, 6.07) is 14.2. The normalized spacial score (nSPS) is 10.8. The third-order valence-electron chi connectivity index (χ3n) is 3.78. The molecule has 27 heavy (non-hydrogen) atoms. The highest BCUT2D eigenvalue weighted by atomic mass is 35.5. The van der Waals surface area contributed by atoms with Crippen molar-refractivity contribution in [3.63, 3.8) is 0 Å². The Morgan fingerprint density at radius 2 is 1.93 bits per heavy atom. The number of hydrogen-bond acceptors (Lipinski definition) is 5. The molecule has 3 aromatic rings. The van der Waals surface area contributed by atoms with Gasteiger partial charge in [-0.1, -0.05) is 29.8 Å². The zero-order chi connectivity index (χ0) is 19.2. The van der Waals surface area contributed by atoms with Crippen LogP contribution >= 0.6 is 11.6 Å². The van der Waals surface area contributed by atoms with Crippen LogP contribution in [0.5, 0.6) is 11.5 Å². The summed E-state index contributed by atoms with van der Waals surface area (Å²) < 4.78 is 10.5. The van der Waals surface area contributed by atoms with Crippen molar-refractivity contribution in [3.8, 4) is 22.8 Å². The molecule has 0 spiro atoms. The molecule has 0 saturated carbocycles. The zero-order valence-electron chi connectivity index (χ0n) is 14.7. The van der Waals surface area contributed by atoms with Gasteiger partial charge >= 0.3 is 0 Å². The van der Waals surface area contributed by atoms with Gasteiger partial charge in [0.25, 0.3) is 5.91 Å². The minimum Gasteiger partial charge on any atom is -0.493 e. The van der Waals surface area contributed by atoms with Crippen LogP contribution in [0.4, 0.5) is 0 Å². The highest BCUT2D eigenvalue weighted by Gasteiger charge is 2.12. The third kappa shape index (κ3) is 4.27. The lowest BCUT2D eigenvalue weighted by Crippen LogP contribution is -2.18. The van der Waals surface area contributed by atoms with E-state index >= 15 is 0 Å². The van der Waals surface area contributed by atoms with Crippen LogP contribution in [0.3, 0.4) is 0 Å². The van der Waals surface area contributed by atoms with E-state index < -0.39 is 5.91 Å². The molecule has 8 heteroatoms. The van der Waals surface area contributed by atoms with E-state index in [2.05, 4.69) is 20.7 Å². The van der Waals surface area contributed by atoms with E-state index in [-0.39, 0.29) is 5.69 Å². The number of halogens is 1. The van der Waals surface area contributed by atoms with Crippen LogP contribution in [0.15, 0.2) is 53.6 Å². The predicted molar refractivity (Wildman–Crippen MR) is 104 cm³/mol. The van der Waals surface area contributed by atoms with Crippen LogP contribution in [0, 0.1) is 0 Å². The van der Waals surface area contributed by atoms with Crippen LogP contribution in [-0.2, 0) is 0 Å². The minimum atomic E-state index is -0.419. The second kappa shape index (κ2) is 8.37. The Balaban J connectivity index is 1.72. The molecule has 1 aromatic heterocycles. The summed E-state index contributed by atoms with van der Waals surface area (Å²) in [5.41, 5.74) is 4.79. The smallest absolute Gasteiger partial charge is 0.289 e. The van der Waals surface area contributed by atoms with Crippen molar-refractivity contribution in [1.29, 1.82) is 0 Å². The average molecular weight is 385 g/mol. The fraction of sp³-hybridized carbons (Fsp3) is 0.105. The SMILES string of the molecule is COc1ccc(-c2cc(C(=O)NN=Cc3ccccc3Cl)[nH]n2)cc1OC. The Morgan fingerprint density at radius 1 is 1.15 bits per heavy atom. The molecule has 1 heterocycles. The Morgan fingerprint density at radius 3 is 2.67 bits per heavy atom. The van der Waals surface area contributed by atoms with Gasteiger partial charge in [-0.3, -0.25) is 9.89 Å². The molecule has 138 valence electrons. The maximum Gasteiger partial charge on any atom is 0.289 e. The molecule has 0 unspecified atom stereocenters. The molecule has 0 saturated heterocycles. The van der Waals surface area contributed by atoms with Gasteiger partial charge in [0.2, 0.25) is 0 Å². The zero-order valence-corrected chi connectivity index (χ0v) is 15.4. The number of nitrogens with zero attached hydrogens (tertiary/aromatic N) is 2. The van der Waals surface area contributed by atoms with Crippen molar-refractivity contribution >= 4 is 23.7 Å². The topological polar surface area (TPSA) is 88.6 Å². The second-order valence-electron chi connectivity index (χ2n) is 5.46. The van der Waals surface area contributed by atoms with Gasteiger partial charge in [0.15, 0.2) is 11.5 Å². The molecule has 0 aliphatic carbocycles. The monoisotopic (exact) mass is 384 g/mol. The molecular formula is C19H17ClN4O3. The Kier molecular flexibility index (Phi) is 5.73. The minimum absolute atomic E-state index is 0.274. The van der Waals surface area contributed by atoms with E-state index in [1.807, 2.05) is 18.2 Å². The number of benzene rings is 2. The van der Waals surface area contributed by atoms with Gasteiger partial charge in [0, 0.05) is 16.1 Å². The van der Waals surface area contributed by atoms with Crippen molar-refractivity contribution in [2.45, 2.75) is 0 Å². The van der Waals surface area contributed by atoms with Crippen molar-refractivity contribution in [3.05, 3.63) is 64.8 Å². The summed E-state index contributed by atoms with van der Waals surface area (Å²) in [5, 5.41) is 11.3. The number of ether oxygens (including phenoxy) is 2. The molecule has 0 atom stereocenters. The molecule has 0 aliphatic rings. The van der Waals surface area contributed by atoms with Gasteiger partial charge in [0.05, 0.1) is 26.1 Å². The van der Waals surface area contributed by atoms with E-state index in [9.17, 15) is 4.79 Å². The standard InChI is InChI=1S/C19H17ClN4O3/c1-26-17-8-7-12(9-18(17)27-2)15-10-16(23-22-15)19(25)24-21-11-13-5-3-4-6-14(13)20/h3-11H,1-2H3,(H,22,23)(H,24,25). The van der Waals surface area contributed by atoms with Gasteiger partial charge in [-0.05, 0) is 30.3 Å². The summed E-state index contributed by atoms with van der Waals surface area (Å²) in [7, 11) is 3.12. The first kappa shape index (κ1) is 18.5. The molecule has 2 N–H and O–H groups in total. The number of hydrazone groups is 1. The highest BCUT2D eigenvalue weighted by molar-refractivity contribution is 6.33. The first-order valence-corrected chi connectivity index (χ1v) is 8.36. The number of nitrogens with one attached hydrogen (secondary N) is 2.